The summed E-state index contributed by atoms with van der Waals surface area (Å²) >= 11 is 0. The standard InChI is InChI=1S/C19H22N2O3/c1-13-6-5-7-16(12-13)20-18(22)14(2)24-19(23)15-8-10-17(11-9-15)21(3)4/h5-12,14H,1-4H3,(H,20,22)/t14-/m1/s1. The number of nitrogens with zero attached hydrogens (tertiary/aromatic N) is 1. The fourth-order valence-electron chi connectivity index (χ4n) is 2.14. The van der Waals surface area contributed by atoms with Crippen molar-refractivity contribution in [1.82, 2.24) is 0 Å². The molecular weight excluding hydrogens is 304 g/mol. The third kappa shape index (κ3) is 4.59. The summed E-state index contributed by atoms with van der Waals surface area (Å²) in [5.41, 5.74) is 3.12. The Morgan fingerprint density at radius 3 is 2.33 bits per heavy atom. The Morgan fingerprint density at radius 2 is 1.75 bits per heavy atom. The first-order valence-electron chi connectivity index (χ1n) is 7.72. The Labute approximate surface area is 142 Å². The van der Waals surface area contributed by atoms with Crippen molar-refractivity contribution in [3.63, 3.8) is 0 Å². The Bertz CT molecular complexity index is 724. The number of rotatable bonds is 5. The lowest BCUT2D eigenvalue weighted by Crippen LogP contribution is -2.30. The topological polar surface area (TPSA) is 58.6 Å². The number of nitrogens with one attached hydrogen (secondary N) is 1. The number of benzene rings is 2. The van der Waals surface area contributed by atoms with Crippen LogP contribution in [0.15, 0.2) is 48.5 Å². The van der Waals surface area contributed by atoms with Crippen molar-refractivity contribution in [3.8, 4) is 0 Å². The largest absolute Gasteiger partial charge is 0.449 e. The van der Waals surface area contributed by atoms with Gasteiger partial charge in [0.1, 0.15) is 0 Å². The van der Waals surface area contributed by atoms with Crippen molar-refractivity contribution in [3.05, 3.63) is 59.7 Å². The first-order chi connectivity index (χ1) is 11.4. The van der Waals surface area contributed by atoms with Gasteiger partial charge in [-0.3, -0.25) is 4.79 Å². The molecule has 2 rings (SSSR count). The summed E-state index contributed by atoms with van der Waals surface area (Å²) in [6.07, 6.45) is -0.883. The molecule has 1 N–H and O–H groups in total. The highest BCUT2D eigenvalue weighted by molar-refractivity contribution is 5.97. The molecule has 0 aliphatic heterocycles. The van der Waals surface area contributed by atoms with Gasteiger partial charge in [-0.2, -0.15) is 0 Å². The van der Waals surface area contributed by atoms with Crippen molar-refractivity contribution in [1.29, 1.82) is 0 Å². The molecule has 5 nitrogen and oxygen atoms in total. The van der Waals surface area contributed by atoms with Gasteiger partial charge in [0.2, 0.25) is 0 Å². The molecule has 0 saturated carbocycles. The second-order valence-corrected chi connectivity index (χ2v) is 5.85. The summed E-state index contributed by atoms with van der Waals surface area (Å²) in [4.78, 5) is 26.2. The van der Waals surface area contributed by atoms with Crippen molar-refractivity contribution < 1.29 is 14.3 Å². The Balaban J connectivity index is 1.96. The van der Waals surface area contributed by atoms with E-state index in [0.717, 1.165) is 11.3 Å². The lowest BCUT2D eigenvalue weighted by Gasteiger charge is -2.15. The zero-order chi connectivity index (χ0) is 17.7. The predicted molar refractivity (Wildman–Crippen MR) is 95.5 cm³/mol. The minimum atomic E-state index is -0.883. The molecule has 1 amide bonds. The average molecular weight is 326 g/mol. The number of carbonyl (C=O) groups is 2. The smallest absolute Gasteiger partial charge is 0.338 e. The molecule has 0 unspecified atom stereocenters. The molecular formula is C19H22N2O3. The van der Waals surface area contributed by atoms with Crippen LogP contribution in [-0.4, -0.2) is 32.1 Å². The molecule has 0 fully saturated rings. The Kier molecular flexibility index (Phi) is 5.58. The van der Waals surface area contributed by atoms with Gasteiger partial charge in [0.05, 0.1) is 5.56 Å². The van der Waals surface area contributed by atoms with Gasteiger partial charge in [-0.25, -0.2) is 4.79 Å². The van der Waals surface area contributed by atoms with E-state index < -0.39 is 12.1 Å². The second-order valence-electron chi connectivity index (χ2n) is 5.85. The van der Waals surface area contributed by atoms with Crippen LogP contribution in [0.4, 0.5) is 11.4 Å². The van der Waals surface area contributed by atoms with E-state index in [-0.39, 0.29) is 5.91 Å². The maximum atomic E-state index is 12.1. The lowest BCUT2D eigenvalue weighted by atomic mass is 10.2. The number of hydrogen-bond donors (Lipinski definition) is 1. The highest BCUT2D eigenvalue weighted by atomic mass is 16.5. The molecule has 5 heteroatoms. The molecule has 0 bridgehead atoms. The molecule has 126 valence electrons. The third-order valence-electron chi connectivity index (χ3n) is 3.56. The van der Waals surface area contributed by atoms with Gasteiger partial charge in [0.15, 0.2) is 6.10 Å². The minimum absolute atomic E-state index is 0.362. The van der Waals surface area contributed by atoms with Crippen molar-refractivity contribution >= 4 is 23.3 Å². The van der Waals surface area contributed by atoms with Crippen LogP contribution in [0, 0.1) is 6.92 Å². The zero-order valence-corrected chi connectivity index (χ0v) is 14.4. The van der Waals surface area contributed by atoms with Gasteiger partial charge in [0.25, 0.3) is 5.91 Å². The predicted octanol–water partition coefficient (Wildman–Crippen LogP) is 3.25. The molecule has 0 aromatic heterocycles. The SMILES string of the molecule is Cc1cccc(NC(=O)[C@@H](C)OC(=O)c2ccc(N(C)C)cc2)c1. The summed E-state index contributed by atoms with van der Waals surface area (Å²) in [7, 11) is 3.84. The number of carbonyl (C=O) groups excluding carboxylic acids is 2. The molecule has 0 saturated heterocycles. The van der Waals surface area contributed by atoms with Gasteiger partial charge in [-0.05, 0) is 55.8 Å². The van der Waals surface area contributed by atoms with Crippen LogP contribution in [0.5, 0.6) is 0 Å². The number of ether oxygens (including phenoxy) is 1. The summed E-state index contributed by atoms with van der Waals surface area (Å²) in [6, 6.07) is 14.5. The summed E-state index contributed by atoms with van der Waals surface area (Å²) in [5, 5.41) is 2.74. The fraction of sp³-hybridized carbons (Fsp3) is 0.263. The molecule has 0 heterocycles. The van der Waals surface area contributed by atoms with E-state index in [1.807, 2.05) is 56.3 Å². The maximum Gasteiger partial charge on any atom is 0.338 e. The Hall–Kier alpha value is -2.82. The molecule has 1 atom stereocenters. The molecule has 0 spiro atoms. The molecule has 2 aromatic carbocycles. The quantitative estimate of drug-likeness (QED) is 0.857. The summed E-state index contributed by atoms with van der Waals surface area (Å²) in [5.74, 6) is -0.883. The molecule has 24 heavy (non-hydrogen) atoms. The van der Waals surface area contributed by atoms with Gasteiger partial charge < -0.3 is 15.0 Å². The van der Waals surface area contributed by atoms with Gasteiger partial charge >= 0.3 is 5.97 Å². The van der Waals surface area contributed by atoms with Crippen molar-refractivity contribution in [2.45, 2.75) is 20.0 Å². The van der Waals surface area contributed by atoms with Crippen molar-refractivity contribution in [2.75, 3.05) is 24.3 Å². The highest BCUT2D eigenvalue weighted by Gasteiger charge is 2.19. The van der Waals surface area contributed by atoms with Gasteiger partial charge in [-0.15, -0.1) is 0 Å². The van der Waals surface area contributed by atoms with Crippen LogP contribution in [0.3, 0.4) is 0 Å². The van der Waals surface area contributed by atoms with Crippen LogP contribution in [0.1, 0.15) is 22.8 Å². The zero-order valence-electron chi connectivity index (χ0n) is 14.4. The monoisotopic (exact) mass is 326 g/mol. The lowest BCUT2D eigenvalue weighted by molar-refractivity contribution is -0.123. The first kappa shape index (κ1) is 17.5. The molecule has 2 aromatic rings. The van der Waals surface area contributed by atoms with E-state index in [0.29, 0.717) is 11.3 Å². The van der Waals surface area contributed by atoms with Gasteiger partial charge in [0, 0.05) is 25.5 Å². The van der Waals surface area contributed by atoms with E-state index in [9.17, 15) is 9.59 Å². The van der Waals surface area contributed by atoms with Gasteiger partial charge in [-0.1, -0.05) is 12.1 Å². The maximum absolute atomic E-state index is 12.1. The number of amides is 1. The minimum Gasteiger partial charge on any atom is -0.449 e. The fourth-order valence-corrected chi connectivity index (χ4v) is 2.14. The van der Waals surface area contributed by atoms with Crippen LogP contribution >= 0.6 is 0 Å². The van der Waals surface area contributed by atoms with E-state index in [2.05, 4.69) is 5.32 Å². The molecule has 0 aliphatic carbocycles. The number of aryl methyl sites for hydroxylation is 1. The molecule has 0 aliphatic rings. The normalized spacial score (nSPS) is 11.5. The Morgan fingerprint density at radius 1 is 1.08 bits per heavy atom. The van der Waals surface area contributed by atoms with Crippen LogP contribution in [-0.2, 0) is 9.53 Å². The van der Waals surface area contributed by atoms with E-state index in [1.165, 1.54) is 0 Å². The van der Waals surface area contributed by atoms with Crippen LogP contribution in [0.2, 0.25) is 0 Å². The number of anilines is 2. The second kappa shape index (κ2) is 7.64. The van der Waals surface area contributed by atoms with Crippen LogP contribution in [0.25, 0.3) is 0 Å². The third-order valence-corrected chi connectivity index (χ3v) is 3.56. The van der Waals surface area contributed by atoms with E-state index >= 15 is 0 Å². The summed E-state index contributed by atoms with van der Waals surface area (Å²) in [6.45, 7) is 3.49. The highest BCUT2D eigenvalue weighted by Crippen LogP contribution is 2.14. The van der Waals surface area contributed by atoms with Crippen molar-refractivity contribution in [2.24, 2.45) is 0 Å². The van der Waals surface area contributed by atoms with E-state index in [4.69, 9.17) is 4.74 Å². The summed E-state index contributed by atoms with van der Waals surface area (Å²) < 4.78 is 5.24. The average Bonchev–Trinajstić information content (AvgIpc) is 2.54. The van der Waals surface area contributed by atoms with E-state index in [1.54, 1.807) is 25.1 Å². The molecule has 0 radical (unpaired) electrons. The first-order valence-corrected chi connectivity index (χ1v) is 7.72. The van der Waals surface area contributed by atoms with Crippen LogP contribution < -0.4 is 10.2 Å². The number of esters is 1. The number of hydrogen-bond acceptors (Lipinski definition) is 4.